The molecule has 94 valence electrons. The van der Waals surface area contributed by atoms with E-state index in [1.54, 1.807) is 0 Å². The lowest BCUT2D eigenvalue weighted by molar-refractivity contribution is -0.115. The zero-order valence-corrected chi connectivity index (χ0v) is 11.0. The Bertz CT molecular complexity index is 572. The monoisotopic (exact) mass is 305 g/mol. The van der Waals surface area contributed by atoms with E-state index >= 15 is 0 Å². The zero-order chi connectivity index (χ0) is 13.1. The maximum atomic E-state index is 11.7. The first-order valence-electron chi connectivity index (χ1n) is 4.73. The first kappa shape index (κ1) is 13.1. The molecule has 0 atom stereocenters. The first-order chi connectivity index (χ1) is 8.56. The minimum atomic E-state index is -0.336. The third-order valence-corrected chi connectivity index (χ3v) is 3.03. The van der Waals surface area contributed by atoms with Crippen molar-refractivity contribution in [2.75, 3.05) is 5.32 Å². The van der Waals surface area contributed by atoms with Crippen molar-refractivity contribution >= 4 is 46.4 Å². The van der Waals surface area contributed by atoms with E-state index in [1.165, 1.54) is 12.1 Å². The molecule has 0 fully saturated rings. The van der Waals surface area contributed by atoms with Crippen molar-refractivity contribution in [3.8, 4) is 0 Å². The summed E-state index contributed by atoms with van der Waals surface area (Å²) in [6.45, 7) is 0. The summed E-state index contributed by atoms with van der Waals surface area (Å²) in [6.07, 6.45) is -0.0208. The molecule has 0 saturated carbocycles. The fourth-order valence-corrected chi connectivity index (χ4v) is 1.81. The van der Waals surface area contributed by atoms with E-state index in [1.807, 2.05) is 0 Å². The highest BCUT2D eigenvalue weighted by atomic mass is 35.5. The molecule has 1 aromatic heterocycles. The molecular formula is C9H6Cl3N5O. The Balaban J connectivity index is 2.09. The van der Waals surface area contributed by atoms with Gasteiger partial charge in [-0.3, -0.25) is 4.79 Å². The molecule has 0 aliphatic heterocycles. The number of benzene rings is 1. The average molecular weight is 307 g/mol. The number of nitrogens with one attached hydrogen (secondary N) is 2. The molecule has 0 radical (unpaired) electrons. The van der Waals surface area contributed by atoms with Crippen molar-refractivity contribution in [2.45, 2.75) is 6.42 Å². The Morgan fingerprint density at radius 1 is 1.22 bits per heavy atom. The number of carbonyl (C=O) groups is 1. The van der Waals surface area contributed by atoms with Crippen LogP contribution in [0.5, 0.6) is 0 Å². The molecule has 9 heteroatoms. The minimum Gasteiger partial charge on any atom is -0.324 e. The number of nitrogens with zero attached hydrogens (tertiary/aromatic N) is 3. The second kappa shape index (κ2) is 5.51. The summed E-state index contributed by atoms with van der Waals surface area (Å²) in [7, 11) is 0. The molecule has 2 rings (SSSR count). The Labute approximate surface area is 117 Å². The number of H-pyrrole nitrogens is 1. The molecule has 0 unspecified atom stereocenters. The lowest BCUT2D eigenvalue weighted by Gasteiger charge is -2.07. The van der Waals surface area contributed by atoms with Crippen molar-refractivity contribution in [1.29, 1.82) is 0 Å². The Hall–Kier alpha value is -1.37. The number of hydrogen-bond acceptors (Lipinski definition) is 4. The Kier molecular flexibility index (Phi) is 4.00. The number of aromatic amines is 1. The predicted octanol–water partition coefficient (Wildman–Crippen LogP) is 2.34. The SMILES string of the molecule is O=C(Cc1nn[nH]n1)Nc1cc(Cl)c(Cl)cc1Cl. The Morgan fingerprint density at radius 3 is 2.61 bits per heavy atom. The van der Waals surface area contributed by atoms with Crippen LogP contribution < -0.4 is 5.32 Å². The van der Waals surface area contributed by atoms with Gasteiger partial charge in [-0.25, -0.2) is 0 Å². The number of anilines is 1. The largest absolute Gasteiger partial charge is 0.324 e. The number of rotatable bonds is 3. The fourth-order valence-electron chi connectivity index (χ4n) is 1.21. The number of amides is 1. The number of aromatic nitrogens is 4. The summed E-state index contributed by atoms with van der Waals surface area (Å²) >= 11 is 17.5. The van der Waals surface area contributed by atoms with Crippen molar-refractivity contribution in [1.82, 2.24) is 20.6 Å². The van der Waals surface area contributed by atoms with Gasteiger partial charge in [0, 0.05) is 0 Å². The van der Waals surface area contributed by atoms with Crippen LogP contribution in [0.25, 0.3) is 0 Å². The van der Waals surface area contributed by atoms with Crippen molar-refractivity contribution in [3.05, 3.63) is 33.0 Å². The normalized spacial score (nSPS) is 10.4. The molecule has 0 aliphatic rings. The van der Waals surface area contributed by atoms with Gasteiger partial charge in [-0.15, -0.1) is 10.2 Å². The zero-order valence-electron chi connectivity index (χ0n) is 8.75. The van der Waals surface area contributed by atoms with Gasteiger partial charge in [0.2, 0.25) is 5.91 Å². The van der Waals surface area contributed by atoms with Gasteiger partial charge < -0.3 is 5.32 Å². The smallest absolute Gasteiger partial charge is 0.232 e. The van der Waals surface area contributed by atoms with Crippen molar-refractivity contribution < 1.29 is 4.79 Å². The lowest BCUT2D eigenvalue weighted by Crippen LogP contribution is -2.15. The predicted molar refractivity (Wildman–Crippen MR) is 68.0 cm³/mol. The van der Waals surface area contributed by atoms with E-state index < -0.39 is 0 Å². The molecule has 2 N–H and O–H groups in total. The fraction of sp³-hybridized carbons (Fsp3) is 0.111. The van der Waals surface area contributed by atoms with Crippen LogP contribution in [0.2, 0.25) is 15.1 Å². The van der Waals surface area contributed by atoms with E-state index in [4.69, 9.17) is 34.8 Å². The summed E-state index contributed by atoms with van der Waals surface area (Å²) in [5.41, 5.74) is 0.375. The highest BCUT2D eigenvalue weighted by Gasteiger charge is 2.11. The minimum absolute atomic E-state index is 0.0208. The molecule has 0 spiro atoms. The van der Waals surface area contributed by atoms with E-state index in [2.05, 4.69) is 25.9 Å². The number of carbonyl (C=O) groups excluding carboxylic acids is 1. The van der Waals surface area contributed by atoms with Crippen LogP contribution in [-0.4, -0.2) is 26.5 Å². The quantitative estimate of drug-likeness (QED) is 0.853. The van der Waals surface area contributed by atoms with E-state index in [-0.39, 0.29) is 18.2 Å². The first-order valence-corrected chi connectivity index (χ1v) is 5.86. The molecule has 0 bridgehead atoms. The molecule has 6 nitrogen and oxygen atoms in total. The van der Waals surface area contributed by atoms with Crippen LogP contribution in [0.4, 0.5) is 5.69 Å². The summed E-state index contributed by atoms with van der Waals surface area (Å²) in [6, 6.07) is 2.93. The van der Waals surface area contributed by atoms with E-state index in [0.717, 1.165) is 0 Å². The second-order valence-corrected chi connectivity index (χ2v) is 4.52. The molecule has 1 amide bonds. The molecule has 1 heterocycles. The number of hydrogen-bond donors (Lipinski definition) is 2. The maximum Gasteiger partial charge on any atom is 0.232 e. The van der Waals surface area contributed by atoms with Gasteiger partial charge in [0.1, 0.15) is 0 Å². The van der Waals surface area contributed by atoms with Crippen LogP contribution in [0, 0.1) is 0 Å². The van der Waals surface area contributed by atoms with Gasteiger partial charge >= 0.3 is 0 Å². The highest BCUT2D eigenvalue weighted by molar-refractivity contribution is 6.44. The van der Waals surface area contributed by atoms with Crippen LogP contribution in [0.3, 0.4) is 0 Å². The highest BCUT2D eigenvalue weighted by Crippen LogP contribution is 2.32. The van der Waals surface area contributed by atoms with Gasteiger partial charge in [-0.2, -0.15) is 5.21 Å². The van der Waals surface area contributed by atoms with Crippen molar-refractivity contribution in [2.24, 2.45) is 0 Å². The Morgan fingerprint density at radius 2 is 1.94 bits per heavy atom. The topological polar surface area (TPSA) is 83.6 Å². The van der Waals surface area contributed by atoms with Crippen LogP contribution >= 0.6 is 34.8 Å². The van der Waals surface area contributed by atoms with Gasteiger partial charge in [-0.05, 0) is 12.1 Å². The van der Waals surface area contributed by atoms with Gasteiger partial charge in [0.25, 0.3) is 0 Å². The summed E-state index contributed by atoms with van der Waals surface area (Å²) < 4.78 is 0. The van der Waals surface area contributed by atoms with Crippen molar-refractivity contribution in [3.63, 3.8) is 0 Å². The number of tetrazole rings is 1. The van der Waals surface area contributed by atoms with Crippen LogP contribution in [-0.2, 0) is 11.2 Å². The lowest BCUT2D eigenvalue weighted by atomic mass is 10.3. The van der Waals surface area contributed by atoms with E-state index in [9.17, 15) is 4.79 Å². The summed E-state index contributed by atoms with van der Waals surface area (Å²) in [5.74, 6) is -0.0552. The summed E-state index contributed by atoms with van der Waals surface area (Å²) in [4.78, 5) is 11.7. The average Bonchev–Trinajstić information content (AvgIpc) is 2.78. The molecular weight excluding hydrogens is 300 g/mol. The van der Waals surface area contributed by atoms with Gasteiger partial charge in [0.05, 0.1) is 27.2 Å². The maximum absolute atomic E-state index is 11.7. The molecule has 0 saturated heterocycles. The van der Waals surface area contributed by atoms with Crippen LogP contribution in [0.15, 0.2) is 12.1 Å². The molecule has 1 aromatic carbocycles. The third kappa shape index (κ3) is 3.10. The molecule has 2 aromatic rings. The van der Waals surface area contributed by atoms with Gasteiger partial charge in [0.15, 0.2) is 5.82 Å². The third-order valence-electron chi connectivity index (χ3n) is 1.99. The molecule has 0 aliphatic carbocycles. The second-order valence-electron chi connectivity index (χ2n) is 3.30. The number of halogens is 3. The molecule has 18 heavy (non-hydrogen) atoms. The van der Waals surface area contributed by atoms with E-state index in [0.29, 0.717) is 20.8 Å². The standard InChI is InChI=1S/C9H6Cl3N5O/c10-4-1-6(12)7(2-5(4)11)13-9(18)3-8-14-16-17-15-8/h1-2H,3H2,(H,13,18)(H,14,15,16,17). The summed E-state index contributed by atoms with van der Waals surface area (Å²) in [5, 5.41) is 16.4. The van der Waals surface area contributed by atoms with Gasteiger partial charge in [-0.1, -0.05) is 40.0 Å². The van der Waals surface area contributed by atoms with Crippen LogP contribution in [0.1, 0.15) is 5.82 Å².